The number of piperidine rings is 1. The number of hydrogen-bond donors (Lipinski definition) is 2. The van der Waals surface area contributed by atoms with Crippen molar-refractivity contribution in [3.63, 3.8) is 0 Å². The molecule has 0 saturated carbocycles. The topological polar surface area (TPSA) is 78.9 Å². The molecular weight excluding hydrogens is 334 g/mol. The Morgan fingerprint density at radius 3 is 2.84 bits per heavy atom. The number of carboxylic acid groups (broad SMARTS) is 1. The van der Waals surface area contributed by atoms with E-state index in [1.165, 1.54) is 4.90 Å². The third kappa shape index (κ3) is 5.88. The van der Waals surface area contributed by atoms with Crippen molar-refractivity contribution >= 4 is 12.0 Å². The molecule has 8 heteroatoms. The summed E-state index contributed by atoms with van der Waals surface area (Å²) in [6, 6.07) is 6.22. The fraction of sp³-hybridized carbons (Fsp3) is 0.529. The van der Waals surface area contributed by atoms with Crippen molar-refractivity contribution in [2.24, 2.45) is 11.8 Å². The third-order valence-corrected chi connectivity index (χ3v) is 4.01. The van der Waals surface area contributed by atoms with Crippen LogP contribution in [0.2, 0.25) is 0 Å². The van der Waals surface area contributed by atoms with Crippen LogP contribution in [0.4, 0.5) is 13.6 Å². The lowest BCUT2D eigenvalue weighted by Crippen LogP contribution is -2.49. The van der Waals surface area contributed by atoms with E-state index in [2.05, 4.69) is 5.32 Å². The van der Waals surface area contributed by atoms with Gasteiger partial charge in [-0.3, -0.25) is 4.79 Å². The summed E-state index contributed by atoms with van der Waals surface area (Å²) in [5.74, 6) is -1.02. The van der Waals surface area contributed by atoms with Crippen molar-refractivity contribution < 1.29 is 28.2 Å². The predicted molar refractivity (Wildman–Crippen MR) is 86.7 cm³/mol. The number of likely N-dealkylation sites (tertiary alicyclic amines) is 1. The summed E-state index contributed by atoms with van der Waals surface area (Å²) in [5, 5.41) is 11.9. The lowest BCUT2D eigenvalue weighted by molar-refractivity contribution is -0.143. The molecule has 2 amide bonds. The molecule has 1 saturated heterocycles. The monoisotopic (exact) mass is 356 g/mol. The molecule has 1 heterocycles. The Morgan fingerprint density at radius 1 is 1.40 bits per heavy atom. The molecule has 2 N–H and O–H groups in total. The van der Waals surface area contributed by atoms with E-state index in [-0.39, 0.29) is 25.0 Å². The fourth-order valence-corrected chi connectivity index (χ4v) is 2.89. The third-order valence-electron chi connectivity index (χ3n) is 4.01. The van der Waals surface area contributed by atoms with Gasteiger partial charge in [0.05, 0.1) is 5.92 Å². The van der Waals surface area contributed by atoms with Gasteiger partial charge >= 0.3 is 12.0 Å². The van der Waals surface area contributed by atoms with Crippen LogP contribution in [0.25, 0.3) is 0 Å². The van der Waals surface area contributed by atoms with Gasteiger partial charge in [-0.05, 0) is 30.0 Å². The minimum absolute atomic E-state index is 0.117. The Kier molecular flexibility index (Phi) is 6.55. The molecule has 0 spiro atoms. The molecule has 0 aliphatic carbocycles. The Balaban J connectivity index is 1.89. The SMILES string of the molecule is CC1CC(C(=O)O)CN(C(=O)NCc2cccc(OCC(F)F)c2)C1. The first kappa shape index (κ1) is 19.0. The maximum atomic E-state index is 12.3. The number of carbonyl (C=O) groups excluding carboxylic acids is 1. The normalized spacial score (nSPS) is 20.4. The first-order valence-corrected chi connectivity index (χ1v) is 8.10. The Labute approximate surface area is 144 Å². The summed E-state index contributed by atoms with van der Waals surface area (Å²) in [7, 11) is 0. The lowest BCUT2D eigenvalue weighted by atomic mass is 9.91. The maximum absolute atomic E-state index is 12.3. The number of halogens is 2. The highest BCUT2D eigenvalue weighted by Crippen LogP contribution is 2.22. The highest BCUT2D eigenvalue weighted by molar-refractivity contribution is 5.76. The predicted octanol–water partition coefficient (Wildman–Crippen LogP) is 2.58. The van der Waals surface area contributed by atoms with Crippen LogP contribution >= 0.6 is 0 Å². The first-order valence-electron chi connectivity index (χ1n) is 8.10. The molecule has 2 unspecified atom stereocenters. The van der Waals surface area contributed by atoms with Crippen LogP contribution in [0.5, 0.6) is 5.75 Å². The molecule has 2 atom stereocenters. The molecule has 2 rings (SSSR count). The van der Waals surface area contributed by atoms with Gasteiger partial charge in [0, 0.05) is 19.6 Å². The number of nitrogens with one attached hydrogen (secondary N) is 1. The van der Waals surface area contributed by atoms with Crippen LogP contribution in [0.1, 0.15) is 18.9 Å². The maximum Gasteiger partial charge on any atom is 0.317 e. The number of alkyl halides is 2. The van der Waals surface area contributed by atoms with Gasteiger partial charge in [0.2, 0.25) is 0 Å². The second-order valence-electron chi connectivity index (χ2n) is 6.29. The number of benzene rings is 1. The van der Waals surface area contributed by atoms with Gasteiger partial charge in [-0.1, -0.05) is 19.1 Å². The van der Waals surface area contributed by atoms with Crippen LogP contribution in [-0.4, -0.2) is 48.1 Å². The van der Waals surface area contributed by atoms with Gasteiger partial charge in [-0.15, -0.1) is 0 Å². The molecule has 25 heavy (non-hydrogen) atoms. The van der Waals surface area contributed by atoms with Crippen LogP contribution in [0.3, 0.4) is 0 Å². The second kappa shape index (κ2) is 8.64. The number of carbonyl (C=O) groups is 2. The van der Waals surface area contributed by atoms with E-state index in [0.29, 0.717) is 24.3 Å². The minimum Gasteiger partial charge on any atom is -0.488 e. The zero-order valence-electron chi connectivity index (χ0n) is 14.0. The molecule has 1 aliphatic rings. The number of carboxylic acids is 1. The lowest BCUT2D eigenvalue weighted by Gasteiger charge is -2.34. The fourth-order valence-electron chi connectivity index (χ4n) is 2.89. The van der Waals surface area contributed by atoms with E-state index in [4.69, 9.17) is 9.84 Å². The Morgan fingerprint density at radius 2 is 2.16 bits per heavy atom. The van der Waals surface area contributed by atoms with E-state index in [1.54, 1.807) is 24.3 Å². The van der Waals surface area contributed by atoms with Crippen LogP contribution in [0, 0.1) is 11.8 Å². The van der Waals surface area contributed by atoms with Crippen LogP contribution < -0.4 is 10.1 Å². The van der Waals surface area contributed by atoms with Gasteiger partial charge in [0.1, 0.15) is 12.4 Å². The number of aliphatic carboxylic acids is 1. The summed E-state index contributed by atoms with van der Waals surface area (Å²) in [4.78, 5) is 24.9. The molecule has 1 aliphatic heterocycles. The van der Waals surface area contributed by atoms with E-state index in [9.17, 15) is 18.4 Å². The summed E-state index contributed by atoms with van der Waals surface area (Å²) >= 11 is 0. The summed E-state index contributed by atoms with van der Waals surface area (Å²) < 4.78 is 29.3. The molecule has 1 aromatic rings. The van der Waals surface area contributed by atoms with Gasteiger partial charge in [-0.25, -0.2) is 13.6 Å². The molecule has 6 nitrogen and oxygen atoms in total. The molecular formula is C17H22F2N2O4. The molecule has 0 radical (unpaired) electrons. The van der Waals surface area contributed by atoms with Gasteiger partial charge < -0.3 is 20.1 Å². The number of urea groups is 1. The highest BCUT2D eigenvalue weighted by atomic mass is 19.3. The van der Waals surface area contributed by atoms with E-state index in [1.807, 2.05) is 6.92 Å². The number of nitrogens with zero attached hydrogens (tertiary/aromatic N) is 1. The van der Waals surface area contributed by atoms with Crippen molar-refractivity contribution in [3.8, 4) is 5.75 Å². The summed E-state index contributed by atoms with van der Waals surface area (Å²) in [6.07, 6.45) is -1.99. The molecule has 138 valence electrons. The largest absolute Gasteiger partial charge is 0.488 e. The average molecular weight is 356 g/mol. The van der Waals surface area contributed by atoms with Crippen LogP contribution in [-0.2, 0) is 11.3 Å². The minimum atomic E-state index is -2.55. The van der Waals surface area contributed by atoms with Crippen LogP contribution in [0.15, 0.2) is 24.3 Å². The summed E-state index contributed by atoms with van der Waals surface area (Å²) in [6.45, 7) is 2.13. The number of amides is 2. The van der Waals surface area contributed by atoms with Crippen molar-refractivity contribution in [2.45, 2.75) is 26.3 Å². The first-order chi connectivity index (χ1) is 11.8. The number of ether oxygens (including phenoxy) is 1. The zero-order chi connectivity index (χ0) is 18.4. The Hall–Kier alpha value is -2.38. The van der Waals surface area contributed by atoms with E-state index in [0.717, 1.165) is 0 Å². The Bertz CT molecular complexity index is 612. The van der Waals surface area contributed by atoms with E-state index < -0.39 is 24.9 Å². The van der Waals surface area contributed by atoms with Crippen molar-refractivity contribution in [1.29, 1.82) is 0 Å². The number of hydrogen-bond acceptors (Lipinski definition) is 3. The number of rotatable bonds is 6. The second-order valence-corrected chi connectivity index (χ2v) is 6.29. The van der Waals surface area contributed by atoms with E-state index >= 15 is 0 Å². The van der Waals surface area contributed by atoms with Crippen molar-refractivity contribution in [1.82, 2.24) is 10.2 Å². The smallest absolute Gasteiger partial charge is 0.317 e. The van der Waals surface area contributed by atoms with Gasteiger partial charge in [0.25, 0.3) is 6.43 Å². The van der Waals surface area contributed by atoms with Crippen molar-refractivity contribution in [3.05, 3.63) is 29.8 Å². The molecule has 1 fully saturated rings. The van der Waals surface area contributed by atoms with Gasteiger partial charge in [-0.2, -0.15) is 0 Å². The molecule has 0 aromatic heterocycles. The zero-order valence-corrected chi connectivity index (χ0v) is 14.0. The van der Waals surface area contributed by atoms with Crippen molar-refractivity contribution in [2.75, 3.05) is 19.7 Å². The highest BCUT2D eigenvalue weighted by Gasteiger charge is 2.31. The summed E-state index contributed by atoms with van der Waals surface area (Å²) in [5.41, 5.74) is 0.708. The standard InChI is InChI=1S/C17H22F2N2O4/c1-11-5-13(16(22)23)9-21(8-11)17(24)20-7-12-3-2-4-14(6-12)25-10-15(18)19/h2-4,6,11,13,15H,5,7-10H2,1H3,(H,20,24)(H,22,23). The quantitative estimate of drug-likeness (QED) is 0.821. The average Bonchev–Trinajstić information content (AvgIpc) is 2.57. The molecule has 1 aromatic carbocycles. The molecule has 0 bridgehead atoms. The van der Waals surface area contributed by atoms with Gasteiger partial charge in [0.15, 0.2) is 0 Å².